The van der Waals surface area contributed by atoms with Crippen molar-refractivity contribution in [2.24, 2.45) is 0 Å². The Hall–Kier alpha value is -2.50. The highest BCUT2D eigenvalue weighted by atomic mass is 35.5. The van der Waals surface area contributed by atoms with Gasteiger partial charge < -0.3 is 15.7 Å². The molecule has 130 valence electrons. The number of phenolic OH excluding ortho intramolecular Hbond substituents is 1. The molecule has 0 spiro atoms. The lowest BCUT2D eigenvalue weighted by atomic mass is 10.1. The number of anilines is 1. The zero-order valence-corrected chi connectivity index (χ0v) is 14.6. The largest absolute Gasteiger partial charge is 0.508 e. The molecule has 0 saturated carbocycles. The lowest BCUT2D eigenvalue weighted by Gasteiger charge is -2.04. The van der Waals surface area contributed by atoms with E-state index in [9.17, 15) is 14.7 Å². The van der Waals surface area contributed by atoms with Crippen molar-refractivity contribution in [1.29, 1.82) is 0 Å². The first-order valence-corrected chi connectivity index (χ1v) is 8.19. The SMILES string of the molecule is O=C(/C=C\C(=O)Nc1ccc(Cl)c(Cl)c1)NCCc1ccc(O)cc1. The Morgan fingerprint density at radius 1 is 0.960 bits per heavy atom. The van der Waals surface area contributed by atoms with E-state index in [1.807, 2.05) is 0 Å². The number of carbonyl (C=O) groups is 2. The molecule has 0 heterocycles. The first-order chi connectivity index (χ1) is 11.9. The van der Waals surface area contributed by atoms with Crippen LogP contribution in [0.3, 0.4) is 0 Å². The van der Waals surface area contributed by atoms with Crippen LogP contribution in [-0.2, 0) is 16.0 Å². The summed E-state index contributed by atoms with van der Waals surface area (Å²) in [5.41, 5.74) is 1.47. The predicted octanol–water partition coefficient (Wildman–Crippen LogP) is 3.55. The number of hydrogen-bond donors (Lipinski definition) is 3. The van der Waals surface area contributed by atoms with Gasteiger partial charge in [-0.15, -0.1) is 0 Å². The molecular weight excluding hydrogens is 363 g/mol. The molecular formula is C18H16Cl2N2O3. The second-order valence-electron chi connectivity index (χ2n) is 5.16. The molecule has 2 aromatic carbocycles. The number of rotatable bonds is 6. The van der Waals surface area contributed by atoms with Crippen LogP contribution in [0.25, 0.3) is 0 Å². The molecule has 0 aliphatic rings. The molecule has 3 N–H and O–H groups in total. The fraction of sp³-hybridized carbons (Fsp3) is 0.111. The smallest absolute Gasteiger partial charge is 0.248 e. The normalized spacial score (nSPS) is 10.6. The number of hydrogen-bond acceptors (Lipinski definition) is 3. The Morgan fingerprint density at radius 3 is 2.32 bits per heavy atom. The fourth-order valence-electron chi connectivity index (χ4n) is 1.96. The molecule has 0 aliphatic heterocycles. The van der Waals surface area contributed by atoms with Crippen molar-refractivity contribution in [3.8, 4) is 5.75 Å². The maximum atomic E-state index is 11.8. The van der Waals surface area contributed by atoms with Gasteiger partial charge in [0.15, 0.2) is 0 Å². The van der Waals surface area contributed by atoms with Crippen LogP contribution in [0.1, 0.15) is 5.56 Å². The first kappa shape index (κ1) is 18.8. The Balaban J connectivity index is 1.76. The molecule has 0 radical (unpaired) electrons. The summed E-state index contributed by atoms with van der Waals surface area (Å²) < 4.78 is 0. The van der Waals surface area contributed by atoms with Crippen molar-refractivity contribution in [2.75, 3.05) is 11.9 Å². The molecule has 2 amide bonds. The minimum Gasteiger partial charge on any atom is -0.508 e. The number of carbonyl (C=O) groups excluding carboxylic acids is 2. The van der Waals surface area contributed by atoms with Gasteiger partial charge in [0, 0.05) is 24.4 Å². The molecule has 0 atom stereocenters. The lowest BCUT2D eigenvalue weighted by molar-refractivity contribution is -0.117. The van der Waals surface area contributed by atoms with Crippen molar-refractivity contribution in [2.45, 2.75) is 6.42 Å². The van der Waals surface area contributed by atoms with E-state index >= 15 is 0 Å². The summed E-state index contributed by atoms with van der Waals surface area (Å²) in [4.78, 5) is 23.4. The topological polar surface area (TPSA) is 78.4 Å². The summed E-state index contributed by atoms with van der Waals surface area (Å²) in [5, 5.41) is 15.2. The Kier molecular flexibility index (Phi) is 6.86. The van der Waals surface area contributed by atoms with Crippen LogP contribution in [-0.4, -0.2) is 23.5 Å². The van der Waals surface area contributed by atoms with E-state index in [1.54, 1.807) is 36.4 Å². The van der Waals surface area contributed by atoms with Crippen molar-refractivity contribution < 1.29 is 14.7 Å². The van der Waals surface area contributed by atoms with E-state index in [0.717, 1.165) is 17.7 Å². The van der Waals surface area contributed by atoms with Crippen molar-refractivity contribution in [3.63, 3.8) is 0 Å². The summed E-state index contributed by atoms with van der Waals surface area (Å²) in [6, 6.07) is 11.4. The summed E-state index contributed by atoms with van der Waals surface area (Å²) in [6.07, 6.45) is 2.91. The second kappa shape index (κ2) is 9.11. The summed E-state index contributed by atoms with van der Waals surface area (Å²) >= 11 is 11.7. The molecule has 0 bridgehead atoms. The van der Waals surface area contributed by atoms with Crippen LogP contribution in [0.5, 0.6) is 5.75 Å². The van der Waals surface area contributed by atoms with Gasteiger partial charge in [-0.3, -0.25) is 9.59 Å². The summed E-state index contributed by atoms with van der Waals surface area (Å²) in [6.45, 7) is 0.419. The standard InChI is InChI=1S/C18H16Cl2N2O3/c19-15-6-3-13(11-16(15)20)22-18(25)8-7-17(24)21-10-9-12-1-4-14(23)5-2-12/h1-8,11,23H,9-10H2,(H,21,24)(H,22,25)/b8-7-. The maximum Gasteiger partial charge on any atom is 0.248 e. The third kappa shape index (κ3) is 6.49. The molecule has 0 unspecified atom stereocenters. The van der Waals surface area contributed by atoms with Crippen LogP contribution in [0.4, 0.5) is 5.69 Å². The van der Waals surface area contributed by atoms with Gasteiger partial charge in [0.25, 0.3) is 0 Å². The van der Waals surface area contributed by atoms with Gasteiger partial charge in [-0.2, -0.15) is 0 Å². The van der Waals surface area contributed by atoms with Gasteiger partial charge in [0.1, 0.15) is 5.75 Å². The molecule has 0 fully saturated rings. The van der Waals surface area contributed by atoms with Gasteiger partial charge in [0.2, 0.25) is 11.8 Å². The summed E-state index contributed by atoms with van der Waals surface area (Å²) in [5.74, 6) is -0.626. The molecule has 7 heteroatoms. The average molecular weight is 379 g/mol. The van der Waals surface area contributed by atoms with Crippen LogP contribution in [0, 0.1) is 0 Å². The highest BCUT2D eigenvalue weighted by molar-refractivity contribution is 6.42. The number of amides is 2. The van der Waals surface area contributed by atoms with Gasteiger partial charge in [-0.1, -0.05) is 35.3 Å². The number of halogens is 2. The van der Waals surface area contributed by atoms with E-state index in [0.29, 0.717) is 28.7 Å². The van der Waals surface area contributed by atoms with Crippen LogP contribution < -0.4 is 10.6 Å². The van der Waals surface area contributed by atoms with Gasteiger partial charge in [0.05, 0.1) is 10.0 Å². The van der Waals surface area contributed by atoms with E-state index in [2.05, 4.69) is 10.6 Å². The minimum atomic E-state index is -0.452. The third-order valence-corrected chi connectivity index (χ3v) is 3.96. The molecule has 0 aromatic heterocycles. The van der Waals surface area contributed by atoms with Crippen molar-refractivity contribution in [3.05, 3.63) is 70.2 Å². The minimum absolute atomic E-state index is 0.198. The molecule has 0 aliphatic carbocycles. The maximum absolute atomic E-state index is 11.8. The molecule has 25 heavy (non-hydrogen) atoms. The highest BCUT2D eigenvalue weighted by Gasteiger charge is 2.03. The summed E-state index contributed by atoms with van der Waals surface area (Å²) in [7, 11) is 0. The van der Waals surface area contributed by atoms with E-state index in [-0.39, 0.29) is 11.7 Å². The average Bonchev–Trinajstić information content (AvgIpc) is 2.58. The molecule has 5 nitrogen and oxygen atoms in total. The number of nitrogens with one attached hydrogen (secondary N) is 2. The zero-order valence-electron chi connectivity index (χ0n) is 13.1. The number of aromatic hydroxyl groups is 1. The Labute approximate surface area is 155 Å². The van der Waals surface area contributed by atoms with Gasteiger partial charge in [-0.25, -0.2) is 0 Å². The van der Waals surface area contributed by atoms with Gasteiger partial charge >= 0.3 is 0 Å². The Bertz CT molecular complexity index is 789. The fourth-order valence-corrected chi connectivity index (χ4v) is 2.26. The van der Waals surface area contributed by atoms with Crippen molar-refractivity contribution >= 4 is 40.7 Å². The van der Waals surface area contributed by atoms with Gasteiger partial charge in [-0.05, 0) is 42.3 Å². The van der Waals surface area contributed by atoms with Crippen molar-refractivity contribution in [1.82, 2.24) is 5.32 Å². The van der Waals surface area contributed by atoms with Crippen LogP contribution in [0.15, 0.2) is 54.6 Å². The Morgan fingerprint density at radius 2 is 1.64 bits per heavy atom. The zero-order chi connectivity index (χ0) is 18.2. The monoisotopic (exact) mass is 378 g/mol. The number of phenols is 1. The van der Waals surface area contributed by atoms with Crippen LogP contribution in [0.2, 0.25) is 10.0 Å². The highest BCUT2D eigenvalue weighted by Crippen LogP contribution is 2.24. The third-order valence-electron chi connectivity index (χ3n) is 3.22. The lowest BCUT2D eigenvalue weighted by Crippen LogP contribution is -2.24. The molecule has 2 aromatic rings. The van der Waals surface area contributed by atoms with Crippen LogP contribution >= 0.6 is 23.2 Å². The van der Waals surface area contributed by atoms with E-state index < -0.39 is 5.91 Å². The first-order valence-electron chi connectivity index (χ1n) is 7.44. The quantitative estimate of drug-likeness (QED) is 0.672. The predicted molar refractivity (Wildman–Crippen MR) is 99.1 cm³/mol. The molecule has 0 saturated heterocycles. The van der Waals surface area contributed by atoms with E-state index in [4.69, 9.17) is 23.2 Å². The second-order valence-corrected chi connectivity index (χ2v) is 5.97. The molecule has 2 rings (SSSR count). The number of benzene rings is 2. The van der Waals surface area contributed by atoms with E-state index in [1.165, 1.54) is 6.07 Å².